The van der Waals surface area contributed by atoms with Crippen LogP contribution in [0.2, 0.25) is 0 Å². The molecule has 0 saturated heterocycles. The first-order chi connectivity index (χ1) is 34.9. The number of H-pyrrole nitrogens is 1. The van der Waals surface area contributed by atoms with Gasteiger partial charge < -0.3 is 74.7 Å². The van der Waals surface area contributed by atoms with Crippen molar-refractivity contribution in [1.82, 2.24) is 42.2 Å². The number of nitrogens with two attached hydrogens (primary N) is 3. The third-order valence-electron chi connectivity index (χ3n) is 11.9. The number of hydrogen-bond donors (Lipinski definition) is 16. The minimum atomic E-state index is -1.74. The first-order valence-electron chi connectivity index (χ1n) is 23.9. The van der Waals surface area contributed by atoms with E-state index in [2.05, 4.69) is 67.5 Å². The van der Waals surface area contributed by atoms with Crippen LogP contribution in [0.15, 0.2) is 85.1 Å². The monoisotopic (exact) mass is 1060 g/mol. The lowest BCUT2D eigenvalue weighted by molar-refractivity contribution is -0.137. The maximum absolute atomic E-state index is 14.6. The molecule has 0 radical (unpaired) electrons. The van der Waals surface area contributed by atoms with Gasteiger partial charge in [0.25, 0.3) is 0 Å². The molecule has 24 heteroatoms. The van der Waals surface area contributed by atoms with Crippen LogP contribution in [0.3, 0.4) is 0 Å². The number of phenols is 1. The molecule has 4 rings (SSSR count). The maximum Gasteiger partial charge on any atom is 0.245 e. The Morgan fingerprint density at radius 2 is 1.14 bits per heavy atom. The van der Waals surface area contributed by atoms with E-state index in [1.54, 1.807) is 48.7 Å². The Morgan fingerprint density at radius 1 is 0.622 bits per heavy atom. The Bertz CT molecular complexity index is 2560. The second-order valence-electron chi connectivity index (χ2n) is 18.5. The number of aromatic amines is 1. The SMILES string of the molecule is C[C@@H](O)[C@H](NC(=O)[C@@H](NC(=O)[C@@H](NC(=O)[C@H](CCCN)NC(=O)[C@@H](Cc1c[nH]c2ccccc12)NC(=O)[C@H](Cc1ccc(O)cc1)NC(=O)[C@H](CS)NC(=O)[C@H](N)Cc1ccccc1)[C@@H](C)O)C(C)(C)S)C(N)=O. The van der Waals surface area contributed by atoms with Crippen molar-refractivity contribution in [3.8, 4) is 5.75 Å². The molecule has 402 valence electrons. The number of aromatic nitrogens is 1. The van der Waals surface area contributed by atoms with Crippen LogP contribution in [0, 0.1) is 0 Å². The lowest BCUT2D eigenvalue weighted by Gasteiger charge is -2.33. The smallest absolute Gasteiger partial charge is 0.245 e. The van der Waals surface area contributed by atoms with Gasteiger partial charge in [0.1, 0.15) is 48.0 Å². The Balaban J connectivity index is 1.63. The van der Waals surface area contributed by atoms with Crippen LogP contribution >= 0.6 is 25.3 Å². The molecule has 0 aliphatic carbocycles. The van der Waals surface area contributed by atoms with E-state index < -0.39 is 113 Å². The number of carbonyl (C=O) groups excluding carboxylic acids is 8. The van der Waals surface area contributed by atoms with Crippen molar-refractivity contribution in [3.63, 3.8) is 0 Å². The molecule has 17 N–H and O–H groups in total. The number of nitrogens with one attached hydrogen (secondary N) is 8. The van der Waals surface area contributed by atoms with E-state index in [9.17, 15) is 53.7 Å². The van der Waals surface area contributed by atoms with Crippen LogP contribution in [-0.4, -0.2) is 145 Å². The molecule has 0 bridgehead atoms. The zero-order chi connectivity index (χ0) is 54.9. The number of para-hydroxylation sites is 1. The van der Waals surface area contributed by atoms with Crippen LogP contribution in [0.4, 0.5) is 0 Å². The molecule has 0 aliphatic rings. The second-order valence-corrected chi connectivity index (χ2v) is 20.1. The van der Waals surface area contributed by atoms with E-state index in [0.717, 1.165) is 5.56 Å². The van der Waals surface area contributed by atoms with Crippen LogP contribution in [0.25, 0.3) is 10.9 Å². The number of rotatable bonds is 28. The van der Waals surface area contributed by atoms with Crippen molar-refractivity contribution in [3.05, 3.63) is 102 Å². The average molecular weight is 1060 g/mol. The van der Waals surface area contributed by atoms with Crippen molar-refractivity contribution in [2.24, 2.45) is 17.2 Å². The van der Waals surface area contributed by atoms with E-state index in [4.69, 9.17) is 17.2 Å². The molecule has 0 aliphatic heterocycles. The van der Waals surface area contributed by atoms with Crippen LogP contribution in [-0.2, 0) is 57.6 Å². The predicted molar refractivity (Wildman–Crippen MR) is 283 cm³/mol. The summed E-state index contributed by atoms with van der Waals surface area (Å²) in [6.45, 7) is 5.42. The summed E-state index contributed by atoms with van der Waals surface area (Å²) in [6.07, 6.45) is -1.42. The normalized spacial score (nSPS) is 15.5. The third kappa shape index (κ3) is 17.8. The number of aliphatic hydroxyl groups excluding tert-OH is 2. The number of primary amides is 1. The van der Waals surface area contributed by atoms with Gasteiger partial charge in [-0.15, -0.1) is 0 Å². The molecule has 3 aromatic carbocycles. The maximum atomic E-state index is 14.6. The Morgan fingerprint density at radius 3 is 1.70 bits per heavy atom. The second kappa shape index (κ2) is 28.1. The summed E-state index contributed by atoms with van der Waals surface area (Å²) < 4.78 is -1.33. The van der Waals surface area contributed by atoms with Gasteiger partial charge in [-0.3, -0.25) is 38.4 Å². The number of aliphatic hydroxyl groups is 2. The minimum Gasteiger partial charge on any atom is -0.508 e. The Hall–Kier alpha value is -6.70. The average Bonchev–Trinajstić information content (AvgIpc) is 3.76. The molecule has 74 heavy (non-hydrogen) atoms. The van der Waals surface area contributed by atoms with Gasteiger partial charge in [0.05, 0.1) is 18.2 Å². The van der Waals surface area contributed by atoms with Gasteiger partial charge in [-0.1, -0.05) is 60.7 Å². The van der Waals surface area contributed by atoms with Gasteiger partial charge in [0.2, 0.25) is 47.3 Å². The van der Waals surface area contributed by atoms with Gasteiger partial charge in [-0.05, 0) is 88.4 Å². The third-order valence-corrected chi connectivity index (χ3v) is 12.5. The molecular weight excluding hydrogens is 995 g/mol. The summed E-state index contributed by atoms with van der Waals surface area (Å²) >= 11 is 8.73. The number of benzene rings is 3. The first kappa shape index (κ1) is 59.9. The summed E-state index contributed by atoms with van der Waals surface area (Å²) in [4.78, 5) is 113. The molecule has 0 spiro atoms. The van der Waals surface area contributed by atoms with Crippen molar-refractivity contribution in [1.29, 1.82) is 0 Å². The first-order valence-corrected chi connectivity index (χ1v) is 25.0. The number of thiol groups is 2. The molecule has 0 saturated carbocycles. The van der Waals surface area contributed by atoms with Crippen molar-refractivity contribution in [2.45, 2.75) is 125 Å². The number of aromatic hydroxyl groups is 1. The Labute approximate surface area is 439 Å². The van der Waals surface area contributed by atoms with Gasteiger partial charge in [0, 0.05) is 40.4 Å². The number of fused-ring (bicyclic) bond motifs is 1. The van der Waals surface area contributed by atoms with E-state index in [1.807, 2.05) is 12.1 Å². The topological polar surface area (TPSA) is 375 Å². The quantitative estimate of drug-likeness (QED) is 0.0281. The summed E-state index contributed by atoms with van der Waals surface area (Å²) in [5, 5.41) is 49.4. The number of hydrogen-bond acceptors (Lipinski definition) is 15. The van der Waals surface area contributed by atoms with Crippen LogP contribution < -0.4 is 54.4 Å². The molecule has 22 nitrogen and oxygen atoms in total. The zero-order valence-corrected chi connectivity index (χ0v) is 43.3. The van der Waals surface area contributed by atoms with E-state index in [-0.39, 0.29) is 50.2 Å². The number of amides is 8. The highest BCUT2D eigenvalue weighted by molar-refractivity contribution is 7.81. The molecule has 1 aromatic heterocycles. The Kier molecular flexibility index (Phi) is 22.7. The van der Waals surface area contributed by atoms with Gasteiger partial charge >= 0.3 is 0 Å². The molecule has 4 aromatic rings. The molecule has 8 amide bonds. The highest BCUT2D eigenvalue weighted by Crippen LogP contribution is 2.21. The highest BCUT2D eigenvalue weighted by Gasteiger charge is 2.40. The van der Waals surface area contributed by atoms with E-state index >= 15 is 0 Å². The van der Waals surface area contributed by atoms with E-state index in [0.29, 0.717) is 22.0 Å². The predicted octanol–water partition coefficient (Wildman–Crippen LogP) is -1.75. The minimum absolute atomic E-state index is 0.0607. The zero-order valence-electron chi connectivity index (χ0n) is 41.5. The fourth-order valence-corrected chi connectivity index (χ4v) is 8.21. The summed E-state index contributed by atoms with van der Waals surface area (Å²) in [5.41, 5.74) is 20.0. The van der Waals surface area contributed by atoms with Crippen molar-refractivity contribution in [2.75, 3.05) is 12.3 Å². The molecule has 0 unspecified atom stereocenters. The van der Waals surface area contributed by atoms with Crippen molar-refractivity contribution < 1.29 is 53.7 Å². The highest BCUT2D eigenvalue weighted by atomic mass is 32.1. The lowest BCUT2D eigenvalue weighted by atomic mass is 9.99. The van der Waals surface area contributed by atoms with Crippen LogP contribution in [0.5, 0.6) is 5.75 Å². The van der Waals surface area contributed by atoms with Gasteiger partial charge in [-0.2, -0.15) is 25.3 Å². The molecule has 1 heterocycles. The van der Waals surface area contributed by atoms with E-state index in [1.165, 1.54) is 52.0 Å². The summed E-state index contributed by atoms with van der Waals surface area (Å²) in [5.74, 6) is -7.47. The fourth-order valence-electron chi connectivity index (χ4n) is 7.77. The fraction of sp³-hybridized carbons (Fsp3) is 0.440. The summed E-state index contributed by atoms with van der Waals surface area (Å²) in [7, 11) is 0. The molecule has 10 atom stereocenters. The van der Waals surface area contributed by atoms with Gasteiger partial charge in [0.15, 0.2) is 0 Å². The lowest BCUT2D eigenvalue weighted by Crippen LogP contribution is -2.64. The van der Waals surface area contributed by atoms with Crippen LogP contribution in [0.1, 0.15) is 57.2 Å². The summed E-state index contributed by atoms with van der Waals surface area (Å²) in [6, 6.07) is 10.6. The molecule has 0 fully saturated rings. The van der Waals surface area contributed by atoms with Gasteiger partial charge in [-0.25, -0.2) is 0 Å². The molecular formula is C50H69N11O11S2. The number of phenolic OH excluding ortho intramolecular Hbond substituents is 1. The standard InChI is InChI=1S/C50H69N11O11S2/c1-26(62)39(42(53)65)59-49(72)41(50(3,4)74)61-48(71)40(27(2)63)60-44(67)35(15-10-20-51)55-46(69)37(23-30-24-54-34-14-9-8-13-32(30)34)57-45(68)36(22-29-16-18-31(64)19-17-29)56-47(70)38(25-73)58-43(66)33(52)21-28-11-6-5-7-12-28/h5-9,11-14,16-19,24,26-27,33,35-41,54,62-64,73-74H,10,15,20-23,25,51-52H2,1-4H3,(H2,53,65)(H,55,69)(H,56,70)(H,57,68)(H,58,66)(H,59,72)(H,60,67)(H,61,71)/t26-,27-,33-,35+,36+,37-,38+,39+,40+,41-/m1/s1. The largest absolute Gasteiger partial charge is 0.508 e. The number of carbonyl (C=O) groups is 8. The van der Waals surface area contributed by atoms with Crippen molar-refractivity contribution >= 4 is 83.4 Å².